The first-order valence-corrected chi connectivity index (χ1v) is 10.4. The van der Waals surface area contributed by atoms with Crippen LogP contribution in [0.1, 0.15) is 53.6 Å². The second-order valence-corrected chi connectivity index (χ2v) is 7.85. The van der Waals surface area contributed by atoms with E-state index in [4.69, 9.17) is 17.3 Å². The van der Waals surface area contributed by atoms with Gasteiger partial charge >= 0.3 is 0 Å². The number of nitrogens with two attached hydrogens (primary N) is 1. The molecule has 3 rings (SSSR count). The Kier molecular flexibility index (Phi) is 6.77. The van der Waals surface area contributed by atoms with Gasteiger partial charge in [-0.3, -0.25) is 14.4 Å². The Morgan fingerprint density at radius 3 is 2.47 bits per heavy atom. The summed E-state index contributed by atoms with van der Waals surface area (Å²) in [6.45, 7) is 2.47. The summed E-state index contributed by atoms with van der Waals surface area (Å²) in [7, 11) is 1.69. The summed E-state index contributed by atoms with van der Waals surface area (Å²) in [5.41, 5.74) is 6.05. The number of anilines is 1. The molecule has 0 unspecified atom stereocenters. The van der Waals surface area contributed by atoms with Gasteiger partial charge in [-0.05, 0) is 44.7 Å². The van der Waals surface area contributed by atoms with Crippen LogP contribution in [0.3, 0.4) is 0 Å². The number of carbonyl (C=O) groups excluding carboxylic acids is 3. The largest absolute Gasteiger partial charge is 0.364 e. The first-order valence-electron chi connectivity index (χ1n) is 10.0. The van der Waals surface area contributed by atoms with E-state index in [0.29, 0.717) is 37.3 Å². The molecule has 8 nitrogen and oxygen atoms in total. The number of primary amides is 1. The van der Waals surface area contributed by atoms with E-state index in [9.17, 15) is 14.4 Å². The number of aromatic nitrogens is 2. The van der Waals surface area contributed by atoms with Crippen LogP contribution < -0.4 is 10.6 Å². The molecule has 160 valence electrons. The molecule has 1 aromatic carbocycles. The third-order valence-corrected chi connectivity index (χ3v) is 6.05. The zero-order valence-corrected chi connectivity index (χ0v) is 17.9. The van der Waals surface area contributed by atoms with Crippen molar-refractivity contribution in [3.63, 3.8) is 0 Å². The van der Waals surface area contributed by atoms with Crippen LogP contribution in [0.15, 0.2) is 30.6 Å². The van der Waals surface area contributed by atoms with Crippen molar-refractivity contribution >= 4 is 35.0 Å². The molecular formula is C21H26ClN5O3. The van der Waals surface area contributed by atoms with Crippen molar-refractivity contribution in [2.45, 2.75) is 38.6 Å². The zero-order valence-electron chi connectivity index (χ0n) is 17.1. The van der Waals surface area contributed by atoms with E-state index in [1.54, 1.807) is 22.9 Å². The van der Waals surface area contributed by atoms with Crippen molar-refractivity contribution in [2.75, 3.05) is 18.5 Å². The maximum absolute atomic E-state index is 13.1. The summed E-state index contributed by atoms with van der Waals surface area (Å²) in [6, 6.07) is 7.30. The number of H-pyrrole nitrogens is 1. The number of hydrogen-bond donors (Lipinski definition) is 2. The number of halogens is 1. The average molecular weight is 432 g/mol. The first kappa shape index (κ1) is 21.8. The Morgan fingerprint density at radius 2 is 1.87 bits per heavy atom. The zero-order chi connectivity index (χ0) is 21.8. The molecule has 1 aliphatic rings. The van der Waals surface area contributed by atoms with Gasteiger partial charge < -0.3 is 20.5 Å². The van der Waals surface area contributed by atoms with Gasteiger partial charge in [0.1, 0.15) is 5.69 Å². The summed E-state index contributed by atoms with van der Waals surface area (Å²) < 4.78 is 0. The number of aromatic amines is 1. The standard InChI is InChI=1S/C21H26ClN5O3/c1-3-27(16-7-5-4-6-15(16)22)20(29)13-8-10-14(11-9-13)26(2)21(30)18-17(19(23)28)24-12-25-18/h4-7,12-14H,3,8-11H2,1-2H3,(H2,23,28)(H,24,25)/t13-,14-. The van der Waals surface area contributed by atoms with Crippen molar-refractivity contribution in [3.8, 4) is 0 Å². The molecule has 3 amide bonds. The number of amides is 3. The summed E-state index contributed by atoms with van der Waals surface area (Å²) in [5, 5.41) is 0.552. The van der Waals surface area contributed by atoms with Crippen LogP contribution in [0.4, 0.5) is 5.69 Å². The number of para-hydroxylation sites is 1. The van der Waals surface area contributed by atoms with Crippen molar-refractivity contribution in [3.05, 3.63) is 47.0 Å². The molecule has 1 saturated carbocycles. The highest BCUT2D eigenvalue weighted by molar-refractivity contribution is 6.33. The van der Waals surface area contributed by atoms with Crippen LogP contribution in [0.25, 0.3) is 0 Å². The van der Waals surface area contributed by atoms with Gasteiger partial charge in [-0.1, -0.05) is 23.7 Å². The van der Waals surface area contributed by atoms with Crippen LogP contribution in [0, 0.1) is 5.92 Å². The summed E-state index contributed by atoms with van der Waals surface area (Å²) in [6.07, 6.45) is 4.01. The highest BCUT2D eigenvalue weighted by Crippen LogP contribution is 2.32. The smallest absolute Gasteiger partial charge is 0.274 e. The molecule has 0 spiro atoms. The first-order chi connectivity index (χ1) is 14.3. The number of imidazole rings is 1. The molecule has 9 heteroatoms. The molecule has 0 atom stereocenters. The number of hydrogen-bond acceptors (Lipinski definition) is 4. The summed E-state index contributed by atoms with van der Waals surface area (Å²) in [5.74, 6) is -1.14. The topological polar surface area (TPSA) is 112 Å². The monoisotopic (exact) mass is 431 g/mol. The molecule has 1 aliphatic carbocycles. The van der Waals surface area contributed by atoms with E-state index in [2.05, 4.69) is 9.97 Å². The fourth-order valence-corrected chi connectivity index (χ4v) is 4.26. The molecule has 1 heterocycles. The molecule has 1 aromatic heterocycles. The minimum atomic E-state index is -0.724. The van der Waals surface area contributed by atoms with E-state index >= 15 is 0 Å². The Balaban J connectivity index is 1.64. The molecule has 0 radical (unpaired) electrons. The van der Waals surface area contributed by atoms with Crippen LogP contribution >= 0.6 is 11.6 Å². The average Bonchev–Trinajstić information content (AvgIpc) is 3.25. The third kappa shape index (κ3) is 4.33. The molecule has 1 fully saturated rings. The molecule has 0 saturated heterocycles. The van der Waals surface area contributed by atoms with Gasteiger partial charge in [0.2, 0.25) is 5.91 Å². The van der Waals surface area contributed by atoms with E-state index in [1.165, 1.54) is 6.33 Å². The fraction of sp³-hybridized carbons (Fsp3) is 0.429. The maximum Gasteiger partial charge on any atom is 0.274 e. The van der Waals surface area contributed by atoms with Crippen molar-refractivity contribution in [1.29, 1.82) is 0 Å². The lowest BCUT2D eigenvalue weighted by Crippen LogP contribution is -2.43. The SMILES string of the molecule is CCN(c1ccccc1Cl)C(=O)[C@H]1CC[C@H](N(C)C(=O)c2nc[nH]c2C(N)=O)CC1. The van der Waals surface area contributed by atoms with Crippen molar-refractivity contribution in [1.82, 2.24) is 14.9 Å². The number of carbonyl (C=O) groups is 3. The Morgan fingerprint density at radius 1 is 1.20 bits per heavy atom. The van der Waals surface area contributed by atoms with E-state index in [1.807, 2.05) is 25.1 Å². The molecule has 0 aliphatic heterocycles. The minimum Gasteiger partial charge on any atom is -0.364 e. The molecule has 30 heavy (non-hydrogen) atoms. The third-order valence-electron chi connectivity index (χ3n) is 5.73. The molecular weight excluding hydrogens is 406 g/mol. The molecule has 3 N–H and O–H groups in total. The van der Waals surface area contributed by atoms with Gasteiger partial charge in [0, 0.05) is 25.6 Å². The van der Waals surface area contributed by atoms with Crippen molar-refractivity contribution in [2.24, 2.45) is 11.7 Å². The highest BCUT2D eigenvalue weighted by atomic mass is 35.5. The number of nitrogens with zero attached hydrogens (tertiary/aromatic N) is 3. The van der Waals surface area contributed by atoms with Crippen LogP contribution in [-0.2, 0) is 4.79 Å². The predicted molar refractivity (Wildman–Crippen MR) is 114 cm³/mol. The maximum atomic E-state index is 13.1. The number of rotatable bonds is 6. The lowest BCUT2D eigenvalue weighted by Gasteiger charge is -2.36. The van der Waals surface area contributed by atoms with E-state index in [-0.39, 0.29) is 35.2 Å². The van der Waals surface area contributed by atoms with Gasteiger partial charge in [-0.15, -0.1) is 0 Å². The lowest BCUT2D eigenvalue weighted by atomic mass is 9.84. The summed E-state index contributed by atoms with van der Waals surface area (Å²) >= 11 is 6.28. The van der Waals surface area contributed by atoms with Gasteiger partial charge in [0.15, 0.2) is 5.69 Å². The van der Waals surface area contributed by atoms with Gasteiger partial charge in [0.25, 0.3) is 11.8 Å². The molecule has 0 bridgehead atoms. The van der Waals surface area contributed by atoms with E-state index < -0.39 is 5.91 Å². The summed E-state index contributed by atoms with van der Waals surface area (Å²) in [4.78, 5) is 47.2. The Hall–Kier alpha value is -2.87. The fourth-order valence-electron chi connectivity index (χ4n) is 4.02. The lowest BCUT2D eigenvalue weighted by molar-refractivity contribution is -0.123. The molecule has 2 aromatic rings. The number of benzene rings is 1. The highest BCUT2D eigenvalue weighted by Gasteiger charge is 2.34. The van der Waals surface area contributed by atoms with Crippen LogP contribution in [-0.4, -0.2) is 52.2 Å². The second kappa shape index (κ2) is 9.30. The van der Waals surface area contributed by atoms with Gasteiger partial charge in [0.05, 0.1) is 17.0 Å². The van der Waals surface area contributed by atoms with Gasteiger partial charge in [-0.25, -0.2) is 4.98 Å². The van der Waals surface area contributed by atoms with E-state index in [0.717, 1.165) is 5.69 Å². The normalized spacial score (nSPS) is 18.6. The number of nitrogens with one attached hydrogen (secondary N) is 1. The minimum absolute atomic E-state index is 0.00837. The van der Waals surface area contributed by atoms with Gasteiger partial charge in [-0.2, -0.15) is 0 Å². The van der Waals surface area contributed by atoms with Crippen molar-refractivity contribution < 1.29 is 14.4 Å². The predicted octanol–water partition coefficient (Wildman–Crippen LogP) is 2.85. The Labute approximate surface area is 180 Å². The van der Waals surface area contributed by atoms with Crippen LogP contribution in [0.5, 0.6) is 0 Å². The van der Waals surface area contributed by atoms with Crippen LogP contribution in [0.2, 0.25) is 5.02 Å². The second-order valence-electron chi connectivity index (χ2n) is 7.45. The Bertz CT molecular complexity index is 936. The quantitative estimate of drug-likeness (QED) is 0.732.